The lowest BCUT2D eigenvalue weighted by molar-refractivity contribution is 0.0222. The molecule has 0 aromatic heterocycles. The molecule has 0 aliphatic carbocycles. The molecular formula is C10H19NO5. The summed E-state index contributed by atoms with van der Waals surface area (Å²) in [5, 5.41) is 0. The van der Waals surface area contributed by atoms with Crippen LogP contribution in [0.3, 0.4) is 0 Å². The van der Waals surface area contributed by atoms with Crippen LogP contribution < -0.4 is 0 Å². The van der Waals surface area contributed by atoms with Gasteiger partial charge < -0.3 is 19.1 Å². The molecule has 0 saturated carbocycles. The molecule has 6 heteroatoms. The number of likely N-dealkylation sites (N-methyl/N-ethyl adjacent to an activating group) is 1. The Kier molecular flexibility index (Phi) is 5.63. The molecular weight excluding hydrogens is 214 g/mol. The molecule has 1 amide bonds. The number of amides is 1. The summed E-state index contributed by atoms with van der Waals surface area (Å²) >= 11 is 0. The molecule has 0 unspecified atom stereocenters. The van der Waals surface area contributed by atoms with Crippen molar-refractivity contribution < 1.29 is 23.8 Å². The summed E-state index contributed by atoms with van der Waals surface area (Å²) in [7, 11) is 2.79. The molecule has 0 heterocycles. The van der Waals surface area contributed by atoms with Gasteiger partial charge in [0.15, 0.2) is 0 Å². The van der Waals surface area contributed by atoms with Crippen molar-refractivity contribution >= 4 is 12.2 Å². The van der Waals surface area contributed by atoms with E-state index >= 15 is 0 Å². The molecule has 0 N–H and O–H groups in total. The highest BCUT2D eigenvalue weighted by molar-refractivity contribution is 5.67. The smallest absolute Gasteiger partial charge is 0.444 e. The molecule has 0 bridgehead atoms. The van der Waals surface area contributed by atoms with Crippen LogP contribution in [0.25, 0.3) is 0 Å². The summed E-state index contributed by atoms with van der Waals surface area (Å²) in [6, 6.07) is 0. The monoisotopic (exact) mass is 233 g/mol. The van der Waals surface area contributed by atoms with Crippen LogP contribution in [0.15, 0.2) is 0 Å². The summed E-state index contributed by atoms with van der Waals surface area (Å²) < 4.78 is 14.0. The number of carbonyl (C=O) groups is 2. The molecule has 0 aromatic carbocycles. The van der Waals surface area contributed by atoms with Crippen LogP contribution in [-0.4, -0.2) is 50.1 Å². The minimum absolute atomic E-state index is 0.0718. The van der Waals surface area contributed by atoms with Crippen molar-refractivity contribution in [2.24, 2.45) is 0 Å². The molecule has 0 atom stereocenters. The highest BCUT2D eigenvalue weighted by atomic mass is 16.7. The second-order valence-corrected chi connectivity index (χ2v) is 4.20. The average molecular weight is 233 g/mol. The topological polar surface area (TPSA) is 65.1 Å². The summed E-state index contributed by atoms with van der Waals surface area (Å²) in [5.41, 5.74) is -0.533. The Labute approximate surface area is 95.4 Å². The van der Waals surface area contributed by atoms with Crippen LogP contribution in [0.1, 0.15) is 20.8 Å². The number of hydrogen-bond acceptors (Lipinski definition) is 5. The second-order valence-electron chi connectivity index (χ2n) is 4.20. The van der Waals surface area contributed by atoms with Gasteiger partial charge in [-0.15, -0.1) is 0 Å². The van der Waals surface area contributed by atoms with E-state index in [2.05, 4.69) is 9.47 Å². The Morgan fingerprint density at radius 3 is 2.25 bits per heavy atom. The lowest BCUT2D eigenvalue weighted by atomic mass is 10.2. The van der Waals surface area contributed by atoms with E-state index in [-0.39, 0.29) is 13.2 Å². The van der Waals surface area contributed by atoms with E-state index in [1.54, 1.807) is 27.8 Å². The minimum atomic E-state index is -0.766. The first-order valence-corrected chi connectivity index (χ1v) is 4.91. The maximum atomic E-state index is 11.4. The van der Waals surface area contributed by atoms with Gasteiger partial charge >= 0.3 is 12.2 Å². The predicted octanol–water partition coefficient (Wildman–Crippen LogP) is 1.64. The van der Waals surface area contributed by atoms with Gasteiger partial charge in [0.05, 0.1) is 13.7 Å². The number of hydrogen-bond donors (Lipinski definition) is 0. The van der Waals surface area contributed by atoms with Gasteiger partial charge in [0.1, 0.15) is 12.2 Å². The largest absolute Gasteiger partial charge is 0.508 e. The maximum Gasteiger partial charge on any atom is 0.508 e. The number of rotatable bonds is 3. The highest BCUT2D eigenvalue weighted by Gasteiger charge is 2.19. The van der Waals surface area contributed by atoms with E-state index in [9.17, 15) is 9.59 Å². The summed E-state index contributed by atoms with van der Waals surface area (Å²) in [6.45, 7) is 5.67. The molecule has 0 spiro atoms. The van der Waals surface area contributed by atoms with Crippen molar-refractivity contribution in [3.05, 3.63) is 0 Å². The summed E-state index contributed by atoms with van der Waals surface area (Å²) in [4.78, 5) is 23.4. The van der Waals surface area contributed by atoms with E-state index in [4.69, 9.17) is 4.74 Å². The van der Waals surface area contributed by atoms with Gasteiger partial charge in [0.25, 0.3) is 0 Å². The Hall–Kier alpha value is -1.46. The highest BCUT2D eigenvalue weighted by Crippen LogP contribution is 2.08. The molecule has 0 aromatic rings. The maximum absolute atomic E-state index is 11.4. The number of nitrogens with zero attached hydrogens (tertiary/aromatic N) is 1. The zero-order valence-electron chi connectivity index (χ0n) is 10.4. The van der Waals surface area contributed by atoms with Crippen LogP contribution in [0.5, 0.6) is 0 Å². The van der Waals surface area contributed by atoms with Crippen molar-refractivity contribution in [1.29, 1.82) is 0 Å². The van der Waals surface area contributed by atoms with Crippen molar-refractivity contribution in [2.75, 3.05) is 27.3 Å². The van der Waals surface area contributed by atoms with E-state index in [1.165, 1.54) is 12.0 Å². The predicted molar refractivity (Wildman–Crippen MR) is 57.2 cm³/mol. The molecule has 0 radical (unpaired) electrons. The van der Waals surface area contributed by atoms with Crippen molar-refractivity contribution in [3.63, 3.8) is 0 Å². The Morgan fingerprint density at radius 2 is 1.81 bits per heavy atom. The van der Waals surface area contributed by atoms with Crippen molar-refractivity contribution in [1.82, 2.24) is 4.90 Å². The van der Waals surface area contributed by atoms with Crippen molar-refractivity contribution in [3.8, 4) is 0 Å². The third-order valence-electron chi connectivity index (χ3n) is 1.52. The Balaban J connectivity index is 3.84. The normalized spacial score (nSPS) is 10.6. The number of carbonyl (C=O) groups excluding carboxylic acids is 2. The zero-order valence-corrected chi connectivity index (χ0v) is 10.4. The van der Waals surface area contributed by atoms with E-state index in [1.807, 2.05) is 0 Å². The van der Waals surface area contributed by atoms with Crippen LogP contribution in [0.4, 0.5) is 9.59 Å². The minimum Gasteiger partial charge on any atom is -0.444 e. The molecule has 0 saturated heterocycles. The quantitative estimate of drug-likeness (QED) is 0.693. The Morgan fingerprint density at radius 1 is 1.25 bits per heavy atom. The lowest BCUT2D eigenvalue weighted by Gasteiger charge is -2.24. The zero-order chi connectivity index (χ0) is 12.8. The first kappa shape index (κ1) is 14.5. The standard InChI is InChI=1S/C10H19NO5/c1-10(2,3)16-8(12)11(4)6-7-15-9(13)14-5/h6-7H2,1-5H3. The molecule has 0 aliphatic heterocycles. The van der Waals surface area contributed by atoms with Gasteiger partial charge in [0, 0.05) is 7.05 Å². The lowest BCUT2D eigenvalue weighted by Crippen LogP contribution is -2.36. The summed E-state index contributed by atoms with van der Waals surface area (Å²) in [5.74, 6) is 0. The van der Waals surface area contributed by atoms with E-state index in [0.717, 1.165) is 0 Å². The van der Waals surface area contributed by atoms with Gasteiger partial charge in [0.2, 0.25) is 0 Å². The van der Waals surface area contributed by atoms with Gasteiger partial charge in [-0.05, 0) is 20.8 Å². The van der Waals surface area contributed by atoms with Crippen LogP contribution in [0.2, 0.25) is 0 Å². The van der Waals surface area contributed by atoms with Gasteiger partial charge in [-0.1, -0.05) is 0 Å². The molecule has 0 rings (SSSR count). The first-order valence-electron chi connectivity index (χ1n) is 4.91. The summed E-state index contributed by atoms with van der Waals surface area (Å²) in [6.07, 6.45) is -1.22. The third kappa shape index (κ3) is 6.92. The van der Waals surface area contributed by atoms with Crippen LogP contribution in [-0.2, 0) is 14.2 Å². The number of methoxy groups -OCH3 is 1. The van der Waals surface area contributed by atoms with Gasteiger partial charge in [-0.25, -0.2) is 9.59 Å². The molecule has 0 fully saturated rings. The first-order chi connectivity index (χ1) is 7.26. The molecule has 94 valence electrons. The second kappa shape index (κ2) is 6.19. The fourth-order valence-corrected chi connectivity index (χ4v) is 0.756. The number of ether oxygens (including phenoxy) is 3. The fraction of sp³-hybridized carbons (Fsp3) is 0.800. The SMILES string of the molecule is COC(=O)OCCN(C)C(=O)OC(C)(C)C. The van der Waals surface area contributed by atoms with Gasteiger partial charge in [-0.3, -0.25) is 0 Å². The van der Waals surface area contributed by atoms with Crippen molar-refractivity contribution in [2.45, 2.75) is 26.4 Å². The third-order valence-corrected chi connectivity index (χ3v) is 1.52. The average Bonchev–Trinajstić information content (AvgIpc) is 2.14. The van der Waals surface area contributed by atoms with Crippen LogP contribution >= 0.6 is 0 Å². The van der Waals surface area contributed by atoms with Gasteiger partial charge in [-0.2, -0.15) is 0 Å². The van der Waals surface area contributed by atoms with E-state index in [0.29, 0.717) is 0 Å². The molecule has 6 nitrogen and oxygen atoms in total. The van der Waals surface area contributed by atoms with E-state index < -0.39 is 17.8 Å². The Bertz CT molecular complexity index is 246. The molecule has 0 aliphatic rings. The fourth-order valence-electron chi connectivity index (χ4n) is 0.756. The molecule has 16 heavy (non-hydrogen) atoms. The van der Waals surface area contributed by atoms with Crippen LogP contribution in [0, 0.1) is 0 Å².